The van der Waals surface area contributed by atoms with Crippen LogP contribution < -0.4 is 10.6 Å². The van der Waals surface area contributed by atoms with Crippen molar-refractivity contribution in [2.45, 2.75) is 18.6 Å². The fourth-order valence-corrected chi connectivity index (χ4v) is 3.06. The zero-order valence-corrected chi connectivity index (χ0v) is 12.8. The number of primary amides is 1. The van der Waals surface area contributed by atoms with Crippen LogP contribution in [0.25, 0.3) is 22.6 Å². The van der Waals surface area contributed by atoms with Gasteiger partial charge in [0.1, 0.15) is 11.6 Å². The third kappa shape index (κ3) is 2.37. The van der Waals surface area contributed by atoms with Crippen LogP contribution in [-0.4, -0.2) is 49.6 Å². The summed E-state index contributed by atoms with van der Waals surface area (Å²) in [5.74, 6) is 0.547. The number of carbonyl (C=O) groups excluding carboxylic acids is 1. The van der Waals surface area contributed by atoms with Crippen LogP contribution in [0.2, 0.25) is 0 Å². The van der Waals surface area contributed by atoms with Gasteiger partial charge in [0.2, 0.25) is 5.91 Å². The van der Waals surface area contributed by atoms with Crippen molar-refractivity contribution < 1.29 is 9.90 Å². The number of aliphatic hydroxyl groups excluding tert-OH is 1. The molecule has 1 amide bonds. The quantitative estimate of drug-likeness (QED) is 0.643. The van der Waals surface area contributed by atoms with E-state index in [4.69, 9.17) is 5.73 Å². The number of nitrogens with two attached hydrogens (primary N) is 1. The van der Waals surface area contributed by atoms with Crippen LogP contribution in [-0.2, 0) is 4.79 Å². The fraction of sp³-hybridized carbons (Fsp3) is 0.250. The summed E-state index contributed by atoms with van der Waals surface area (Å²) in [7, 11) is 0. The van der Waals surface area contributed by atoms with Crippen LogP contribution in [0.1, 0.15) is 6.42 Å². The molecule has 3 aromatic rings. The number of amides is 1. The molecule has 0 bridgehead atoms. The minimum absolute atomic E-state index is 0.285. The van der Waals surface area contributed by atoms with E-state index in [1.807, 2.05) is 30.3 Å². The molecule has 0 unspecified atom stereocenters. The van der Waals surface area contributed by atoms with Gasteiger partial charge in [-0.3, -0.25) is 4.79 Å². The van der Waals surface area contributed by atoms with Crippen molar-refractivity contribution in [3.8, 4) is 11.4 Å². The molecule has 4 N–H and O–H groups in total. The molecule has 1 aliphatic rings. The summed E-state index contributed by atoms with van der Waals surface area (Å²) in [5.41, 5.74) is 7.47. The Hall–Kier alpha value is -3.00. The van der Waals surface area contributed by atoms with Gasteiger partial charge in [-0.1, -0.05) is 30.3 Å². The smallest absolute Gasteiger partial charge is 0.240 e. The summed E-state index contributed by atoms with van der Waals surface area (Å²) in [6.07, 6.45) is 1.19. The number of aromatic nitrogens is 4. The second-order valence-corrected chi connectivity index (χ2v) is 5.80. The van der Waals surface area contributed by atoms with Gasteiger partial charge in [-0.05, 0) is 0 Å². The zero-order valence-electron chi connectivity index (χ0n) is 12.8. The molecule has 8 heteroatoms. The van der Waals surface area contributed by atoms with Gasteiger partial charge >= 0.3 is 0 Å². The Morgan fingerprint density at radius 2 is 2.08 bits per heavy atom. The lowest BCUT2D eigenvalue weighted by Crippen LogP contribution is -2.41. The predicted molar refractivity (Wildman–Crippen MR) is 88.1 cm³/mol. The zero-order chi connectivity index (χ0) is 16.7. The van der Waals surface area contributed by atoms with E-state index >= 15 is 0 Å². The second-order valence-electron chi connectivity index (χ2n) is 5.80. The van der Waals surface area contributed by atoms with E-state index in [1.165, 1.54) is 6.33 Å². The first-order valence-electron chi connectivity index (χ1n) is 7.64. The van der Waals surface area contributed by atoms with Gasteiger partial charge in [0.05, 0.1) is 12.4 Å². The number of aliphatic hydroxyl groups is 1. The van der Waals surface area contributed by atoms with E-state index in [2.05, 4.69) is 19.9 Å². The van der Waals surface area contributed by atoms with E-state index in [-0.39, 0.29) is 13.0 Å². The highest BCUT2D eigenvalue weighted by Crippen LogP contribution is 2.30. The molecule has 2 atom stereocenters. The van der Waals surface area contributed by atoms with Crippen molar-refractivity contribution in [2.75, 3.05) is 11.4 Å². The minimum Gasteiger partial charge on any atom is -0.391 e. The molecule has 0 saturated carbocycles. The number of H-pyrrole nitrogens is 1. The molecular weight excluding hydrogens is 308 g/mol. The maximum atomic E-state index is 11.8. The number of anilines is 1. The van der Waals surface area contributed by atoms with E-state index in [1.54, 1.807) is 4.90 Å². The Kier molecular flexibility index (Phi) is 3.39. The van der Waals surface area contributed by atoms with Gasteiger partial charge in [-0.25, -0.2) is 15.0 Å². The summed E-state index contributed by atoms with van der Waals surface area (Å²) in [5, 5.41) is 9.97. The molecule has 1 saturated heterocycles. The average molecular weight is 324 g/mol. The summed E-state index contributed by atoms with van der Waals surface area (Å²) >= 11 is 0. The number of β-amino-alcohol motifs (C(OH)–C–C–N with tert-alkyl or cyclic N) is 1. The molecule has 8 nitrogen and oxygen atoms in total. The number of rotatable bonds is 3. The lowest BCUT2D eigenvalue weighted by atomic mass is 10.2. The number of benzene rings is 1. The second kappa shape index (κ2) is 5.57. The summed E-state index contributed by atoms with van der Waals surface area (Å²) in [6, 6.07) is 8.92. The Balaban J connectivity index is 1.88. The predicted octanol–water partition coefficient (Wildman–Crippen LogP) is 0.445. The van der Waals surface area contributed by atoms with E-state index in [0.29, 0.717) is 22.8 Å². The van der Waals surface area contributed by atoms with Gasteiger partial charge in [-0.15, -0.1) is 0 Å². The standard InChI is InChI=1S/C16H16N6O2/c17-13(24)11-6-10(23)7-22(11)16-12-15(19-8-18-12)20-14(21-16)9-4-2-1-3-5-9/h1-5,8,10-11,23H,6-7H2,(H2,17,24)(H,18,19,20,21)/t10-,11+/m1/s1. The van der Waals surface area contributed by atoms with Gasteiger partial charge < -0.3 is 20.7 Å². The molecule has 1 fully saturated rings. The number of nitrogens with one attached hydrogen (secondary N) is 1. The molecule has 1 aromatic carbocycles. The number of hydrogen-bond acceptors (Lipinski definition) is 6. The third-order valence-corrected chi connectivity index (χ3v) is 4.18. The molecule has 3 heterocycles. The molecule has 122 valence electrons. The average Bonchev–Trinajstić information content (AvgIpc) is 3.21. The van der Waals surface area contributed by atoms with E-state index < -0.39 is 18.1 Å². The van der Waals surface area contributed by atoms with Crippen molar-refractivity contribution in [3.63, 3.8) is 0 Å². The molecule has 4 rings (SSSR count). The number of hydrogen-bond donors (Lipinski definition) is 3. The highest BCUT2D eigenvalue weighted by molar-refractivity contribution is 5.90. The number of aromatic amines is 1. The maximum Gasteiger partial charge on any atom is 0.240 e. The van der Waals surface area contributed by atoms with Crippen molar-refractivity contribution in [2.24, 2.45) is 5.73 Å². The van der Waals surface area contributed by atoms with Gasteiger partial charge in [0.15, 0.2) is 17.3 Å². The molecular formula is C16H16N6O2. The van der Waals surface area contributed by atoms with Gasteiger partial charge in [0.25, 0.3) is 0 Å². The van der Waals surface area contributed by atoms with Crippen LogP contribution in [0.5, 0.6) is 0 Å². The fourth-order valence-electron chi connectivity index (χ4n) is 3.06. The molecule has 1 aliphatic heterocycles. The highest BCUT2D eigenvalue weighted by atomic mass is 16.3. The van der Waals surface area contributed by atoms with Gasteiger partial charge in [-0.2, -0.15) is 0 Å². The molecule has 2 aromatic heterocycles. The Morgan fingerprint density at radius 1 is 1.29 bits per heavy atom. The van der Waals surface area contributed by atoms with Crippen molar-refractivity contribution in [1.29, 1.82) is 0 Å². The molecule has 24 heavy (non-hydrogen) atoms. The molecule has 0 spiro atoms. The number of fused-ring (bicyclic) bond motifs is 1. The van der Waals surface area contributed by atoms with Crippen LogP contribution in [0.15, 0.2) is 36.7 Å². The van der Waals surface area contributed by atoms with Crippen LogP contribution in [0.4, 0.5) is 5.82 Å². The SMILES string of the molecule is NC(=O)[C@@H]1C[C@@H](O)CN1c1nc(-c2ccccc2)nc2nc[nH]c12. The number of carbonyl (C=O) groups is 1. The summed E-state index contributed by atoms with van der Waals surface area (Å²) < 4.78 is 0. The van der Waals surface area contributed by atoms with Crippen LogP contribution >= 0.6 is 0 Å². The maximum absolute atomic E-state index is 11.8. The van der Waals surface area contributed by atoms with Crippen molar-refractivity contribution in [3.05, 3.63) is 36.7 Å². The lowest BCUT2D eigenvalue weighted by Gasteiger charge is -2.23. The number of nitrogens with zero attached hydrogens (tertiary/aromatic N) is 4. The number of imidazole rings is 1. The summed E-state index contributed by atoms with van der Waals surface area (Å²) in [6.45, 7) is 0.285. The van der Waals surface area contributed by atoms with Crippen LogP contribution in [0.3, 0.4) is 0 Å². The van der Waals surface area contributed by atoms with Crippen LogP contribution in [0, 0.1) is 0 Å². The first-order valence-corrected chi connectivity index (χ1v) is 7.64. The molecule has 0 aliphatic carbocycles. The lowest BCUT2D eigenvalue weighted by molar-refractivity contribution is -0.119. The minimum atomic E-state index is -0.629. The largest absolute Gasteiger partial charge is 0.391 e. The monoisotopic (exact) mass is 324 g/mol. The van der Waals surface area contributed by atoms with Gasteiger partial charge in [0, 0.05) is 18.5 Å². The third-order valence-electron chi connectivity index (χ3n) is 4.18. The normalized spacial score (nSPS) is 20.6. The Labute approximate surface area is 137 Å². The van der Waals surface area contributed by atoms with E-state index in [9.17, 15) is 9.90 Å². The topological polar surface area (TPSA) is 121 Å². The Morgan fingerprint density at radius 3 is 2.83 bits per heavy atom. The highest BCUT2D eigenvalue weighted by Gasteiger charge is 2.37. The van der Waals surface area contributed by atoms with Crippen molar-refractivity contribution >= 4 is 22.9 Å². The molecule has 0 radical (unpaired) electrons. The first kappa shape index (κ1) is 14.6. The Bertz CT molecular complexity index is 894. The first-order chi connectivity index (χ1) is 11.6. The summed E-state index contributed by atoms with van der Waals surface area (Å²) in [4.78, 5) is 29.8. The van der Waals surface area contributed by atoms with Crippen molar-refractivity contribution in [1.82, 2.24) is 19.9 Å². The van der Waals surface area contributed by atoms with E-state index in [0.717, 1.165) is 5.56 Å².